The van der Waals surface area contributed by atoms with E-state index in [2.05, 4.69) is 153 Å². The third kappa shape index (κ3) is 4.18. The third-order valence-corrected chi connectivity index (χ3v) is 12.3. The fraction of sp³-hybridized carbons (Fsp3) is 0.229. The molecule has 1 unspecified atom stereocenters. The van der Waals surface area contributed by atoms with Gasteiger partial charge in [0.2, 0.25) is 0 Å². The largest absolute Gasteiger partial charge is 0.472 e. The number of benzene rings is 6. The maximum absolute atomic E-state index is 7.75. The molecule has 1 fully saturated rings. The summed E-state index contributed by atoms with van der Waals surface area (Å²) in [7, 11) is 0. The van der Waals surface area contributed by atoms with Crippen molar-refractivity contribution >= 4 is 28.2 Å². The average Bonchev–Trinajstić information content (AvgIpc) is 3.57. The first-order valence-electron chi connectivity index (χ1n) is 18.4. The molecule has 2 aliphatic heterocycles. The molecule has 4 aliphatic rings. The predicted molar refractivity (Wildman–Crippen MR) is 212 cm³/mol. The number of fused-ring (bicyclic) bond motifs is 11. The number of hydrogen-bond donors (Lipinski definition) is 0. The van der Waals surface area contributed by atoms with Crippen LogP contribution in [0.4, 0.5) is 11.4 Å². The minimum Gasteiger partial charge on any atom is -0.472 e. The van der Waals surface area contributed by atoms with Gasteiger partial charge in [0.05, 0.1) is 19.8 Å². The van der Waals surface area contributed by atoms with Gasteiger partial charge in [-0.3, -0.25) is 0 Å². The Morgan fingerprint density at radius 2 is 1.33 bits per heavy atom. The van der Waals surface area contributed by atoms with Crippen molar-refractivity contribution in [3.63, 3.8) is 0 Å². The van der Waals surface area contributed by atoms with E-state index in [4.69, 9.17) is 16.0 Å². The summed E-state index contributed by atoms with van der Waals surface area (Å²) in [4.78, 5) is 6.20. The van der Waals surface area contributed by atoms with Crippen LogP contribution in [-0.2, 0) is 21.2 Å². The molecule has 0 radical (unpaired) electrons. The van der Waals surface area contributed by atoms with Gasteiger partial charge in [-0.05, 0) is 74.2 Å². The molecule has 0 N–H and O–H groups in total. The molecular weight excluding hydrogens is 637 g/mol. The van der Waals surface area contributed by atoms with Crippen molar-refractivity contribution < 1.29 is 9.47 Å². The van der Waals surface area contributed by atoms with Crippen molar-refractivity contribution in [2.24, 2.45) is 0 Å². The van der Waals surface area contributed by atoms with Crippen molar-refractivity contribution in [3.05, 3.63) is 166 Å². The number of hydrogen-bond acceptors (Lipinski definition) is 3. The summed E-state index contributed by atoms with van der Waals surface area (Å²) in [6, 6.07) is 39.7. The van der Waals surface area contributed by atoms with Gasteiger partial charge in [-0.2, -0.15) is 0 Å². The van der Waals surface area contributed by atoms with Crippen LogP contribution in [0.3, 0.4) is 0 Å². The van der Waals surface area contributed by atoms with E-state index in [0.29, 0.717) is 5.69 Å². The van der Waals surface area contributed by atoms with E-state index in [1.54, 1.807) is 0 Å². The van der Waals surface area contributed by atoms with Crippen LogP contribution in [0.1, 0.15) is 66.6 Å². The van der Waals surface area contributed by atoms with Crippen molar-refractivity contribution in [1.82, 2.24) is 0 Å². The third-order valence-electron chi connectivity index (χ3n) is 12.3. The number of nitrogens with zero attached hydrogens (tertiary/aromatic N) is 2. The lowest BCUT2D eigenvalue weighted by atomic mass is 9.75. The van der Waals surface area contributed by atoms with Crippen LogP contribution in [0.15, 0.2) is 115 Å². The van der Waals surface area contributed by atoms with E-state index < -0.39 is 5.60 Å². The zero-order valence-corrected chi connectivity index (χ0v) is 30.1. The Hall–Kier alpha value is -5.63. The van der Waals surface area contributed by atoms with Gasteiger partial charge in [0.25, 0.3) is 0 Å². The van der Waals surface area contributed by atoms with Crippen LogP contribution in [0.5, 0.6) is 5.75 Å². The maximum Gasteiger partial charge on any atom is 0.187 e. The first-order chi connectivity index (χ1) is 25.2. The summed E-state index contributed by atoms with van der Waals surface area (Å²) in [5.74, 6) is 0.906. The van der Waals surface area contributed by atoms with Gasteiger partial charge in [-0.25, -0.2) is 4.85 Å². The second-order valence-corrected chi connectivity index (χ2v) is 15.8. The normalized spacial score (nSPS) is 19.9. The van der Waals surface area contributed by atoms with E-state index in [0.717, 1.165) is 54.1 Å². The van der Waals surface area contributed by atoms with Crippen LogP contribution in [0.25, 0.3) is 43.9 Å². The van der Waals surface area contributed by atoms with Gasteiger partial charge in [0.15, 0.2) is 11.3 Å². The van der Waals surface area contributed by atoms with Crippen molar-refractivity contribution in [3.8, 4) is 28.0 Å². The Labute approximate surface area is 305 Å². The van der Waals surface area contributed by atoms with E-state index in [1.807, 2.05) is 6.07 Å². The lowest BCUT2D eigenvalue weighted by molar-refractivity contribution is 0.122. The van der Waals surface area contributed by atoms with Crippen molar-refractivity contribution in [1.29, 1.82) is 0 Å². The van der Waals surface area contributed by atoms with Crippen LogP contribution in [0, 0.1) is 6.57 Å². The van der Waals surface area contributed by atoms with Gasteiger partial charge in [0, 0.05) is 51.7 Å². The zero-order valence-electron chi connectivity index (χ0n) is 30.1. The fourth-order valence-electron chi connectivity index (χ4n) is 9.65. The highest BCUT2D eigenvalue weighted by Crippen LogP contribution is 2.59. The zero-order chi connectivity index (χ0) is 35.4. The Bertz CT molecular complexity index is 2550. The molecular formula is C48H40N2O2. The molecule has 0 bridgehead atoms. The molecule has 2 aliphatic carbocycles. The van der Waals surface area contributed by atoms with Crippen LogP contribution in [-0.4, -0.2) is 26.3 Å². The highest BCUT2D eigenvalue weighted by molar-refractivity contribution is 6.08. The molecule has 0 saturated carbocycles. The Morgan fingerprint density at radius 3 is 2.12 bits per heavy atom. The molecule has 0 aromatic heterocycles. The summed E-state index contributed by atoms with van der Waals surface area (Å²) in [6.45, 7) is 20.3. The first-order valence-corrected chi connectivity index (χ1v) is 18.4. The van der Waals surface area contributed by atoms with E-state index in [9.17, 15) is 0 Å². The maximum atomic E-state index is 7.75. The molecule has 6 aromatic carbocycles. The molecule has 4 nitrogen and oxygen atoms in total. The van der Waals surface area contributed by atoms with E-state index in [1.165, 1.54) is 55.6 Å². The summed E-state index contributed by atoms with van der Waals surface area (Å²) >= 11 is 0. The quantitative estimate of drug-likeness (QED) is 0.175. The van der Waals surface area contributed by atoms with Crippen LogP contribution in [0.2, 0.25) is 0 Å². The van der Waals surface area contributed by atoms with Crippen molar-refractivity contribution in [2.75, 3.05) is 31.2 Å². The van der Waals surface area contributed by atoms with Gasteiger partial charge in [-0.15, -0.1) is 0 Å². The lowest BCUT2D eigenvalue weighted by Gasteiger charge is -2.39. The lowest BCUT2D eigenvalue weighted by Crippen LogP contribution is -2.37. The molecule has 52 heavy (non-hydrogen) atoms. The molecule has 2 heterocycles. The fourth-order valence-corrected chi connectivity index (χ4v) is 9.65. The van der Waals surface area contributed by atoms with E-state index in [-0.39, 0.29) is 10.8 Å². The summed E-state index contributed by atoms with van der Waals surface area (Å²) in [5.41, 5.74) is 14.1. The second kappa shape index (κ2) is 10.9. The van der Waals surface area contributed by atoms with Gasteiger partial charge < -0.3 is 14.4 Å². The average molecular weight is 677 g/mol. The smallest absolute Gasteiger partial charge is 0.187 e. The summed E-state index contributed by atoms with van der Waals surface area (Å²) in [6.07, 6.45) is 4.63. The number of morpholine rings is 1. The van der Waals surface area contributed by atoms with E-state index >= 15 is 0 Å². The first kappa shape index (κ1) is 31.1. The molecule has 1 saturated heterocycles. The topological polar surface area (TPSA) is 26.1 Å². The Kier molecular flexibility index (Phi) is 6.55. The predicted octanol–water partition coefficient (Wildman–Crippen LogP) is 11.2. The minimum atomic E-state index is -0.875. The van der Waals surface area contributed by atoms with Crippen LogP contribution >= 0.6 is 0 Å². The molecule has 1 atom stereocenters. The molecule has 4 heteroatoms. The molecule has 10 rings (SSSR count). The Morgan fingerprint density at radius 1 is 0.654 bits per heavy atom. The molecule has 0 spiro atoms. The summed E-state index contributed by atoms with van der Waals surface area (Å²) < 4.78 is 13.3. The van der Waals surface area contributed by atoms with Gasteiger partial charge in [0.1, 0.15) is 5.75 Å². The monoisotopic (exact) mass is 676 g/mol. The molecule has 6 aromatic rings. The minimum absolute atomic E-state index is 0.146. The molecule has 254 valence electrons. The summed E-state index contributed by atoms with van der Waals surface area (Å²) in [5, 5.41) is 2.28. The highest BCUT2D eigenvalue weighted by Gasteiger charge is 2.45. The van der Waals surface area contributed by atoms with Crippen LogP contribution < -0.4 is 9.64 Å². The highest BCUT2D eigenvalue weighted by atomic mass is 16.5. The standard InChI is InChI=1S/C48H40N2O2/c1-46(2)40-13-9-8-10-34(40)35-20-16-31(28-41(35)46)48(30-14-18-33(19-15-30)50-24-26-51-27-25-50)23-22-39-44-43(36-11-6-7-12-37(36)45(39)52-48)38-21-17-32(49-5)29-42(38)47(44,3)4/h6-23,28-29H,24-27H2,1-4H3. The SMILES string of the molecule is [C-]#[N+]c1ccc2c(c1)C(C)(C)c1c3c(c4ccccc4c1-2)OC(c1ccc(N2CCOCC2)cc1)(c1ccc2c(c1)C(C)(C)c1ccccc1-2)C=C3. The number of rotatable bonds is 3. The Balaban J connectivity index is 1.20. The van der Waals surface area contributed by atoms with Gasteiger partial charge >= 0.3 is 0 Å². The van der Waals surface area contributed by atoms with Gasteiger partial charge in [-0.1, -0.05) is 125 Å². The molecule has 0 amide bonds. The number of anilines is 1. The van der Waals surface area contributed by atoms with Crippen molar-refractivity contribution in [2.45, 2.75) is 44.1 Å². The number of ether oxygens (including phenoxy) is 2. The second-order valence-electron chi connectivity index (χ2n) is 15.8.